The van der Waals surface area contributed by atoms with Gasteiger partial charge in [0.25, 0.3) is 5.69 Å². The van der Waals surface area contributed by atoms with E-state index >= 15 is 0 Å². The Bertz CT molecular complexity index is 541. The summed E-state index contributed by atoms with van der Waals surface area (Å²) in [6, 6.07) is 4.07. The standard InChI is InChI=1S/C14H22N4O3/c1-14(2,9-17(3)4)8-16-11-7-10(13(15)19)5-6-12(11)18(20)21/h5-7,16H,8-9H2,1-4H3,(H2,15,19). The van der Waals surface area contributed by atoms with E-state index in [1.54, 1.807) is 0 Å². The second-order valence-electron chi connectivity index (χ2n) is 6.11. The van der Waals surface area contributed by atoms with Crippen molar-refractivity contribution in [3.8, 4) is 0 Å². The number of nitrogens with zero attached hydrogens (tertiary/aromatic N) is 2. The second kappa shape index (κ2) is 6.53. The Balaban J connectivity index is 2.97. The second-order valence-corrected chi connectivity index (χ2v) is 6.11. The molecule has 7 heteroatoms. The molecule has 0 aromatic heterocycles. The lowest BCUT2D eigenvalue weighted by Gasteiger charge is -2.28. The number of carbonyl (C=O) groups excluding carboxylic acids is 1. The molecule has 1 aromatic rings. The summed E-state index contributed by atoms with van der Waals surface area (Å²) in [4.78, 5) is 23.8. The summed E-state index contributed by atoms with van der Waals surface area (Å²) < 4.78 is 0. The maximum Gasteiger partial charge on any atom is 0.292 e. The van der Waals surface area contributed by atoms with E-state index in [2.05, 4.69) is 24.1 Å². The molecular weight excluding hydrogens is 272 g/mol. The van der Waals surface area contributed by atoms with Gasteiger partial charge in [0, 0.05) is 24.7 Å². The van der Waals surface area contributed by atoms with Gasteiger partial charge in [-0.1, -0.05) is 13.8 Å². The minimum Gasteiger partial charge on any atom is -0.379 e. The first kappa shape index (κ1) is 16.9. The number of nitrogens with one attached hydrogen (secondary N) is 1. The molecule has 0 saturated carbocycles. The molecule has 0 fully saturated rings. The van der Waals surface area contributed by atoms with Crippen molar-refractivity contribution < 1.29 is 9.72 Å². The minimum atomic E-state index is -0.611. The summed E-state index contributed by atoms with van der Waals surface area (Å²) in [6.07, 6.45) is 0. The Morgan fingerprint density at radius 2 is 2.05 bits per heavy atom. The third kappa shape index (κ3) is 5.03. The molecule has 7 nitrogen and oxygen atoms in total. The summed E-state index contributed by atoms with van der Waals surface area (Å²) in [7, 11) is 3.94. The van der Waals surface area contributed by atoms with E-state index in [0.717, 1.165) is 6.54 Å². The third-order valence-electron chi connectivity index (χ3n) is 2.98. The predicted octanol–water partition coefficient (Wildman–Crippen LogP) is 1.69. The van der Waals surface area contributed by atoms with Gasteiger partial charge < -0.3 is 16.0 Å². The van der Waals surface area contributed by atoms with Crippen LogP contribution in [0, 0.1) is 15.5 Å². The van der Waals surface area contributed by atoms with E-state index in [0.29, 0.717) is 12.2 Å². The molecule has 0 saturated heterocycles. The Hall–Kier alpha value is -2.15. The van der Waals surface area contributed by atoms with Crippen LogP contribution in [0.2, 0.25) is 0 Å². The molecule has 0 unspecified atom stereocenters. The van der Waals surface area contributed by atoms with Crippen molar-refractivity contribution in [2.24, 2.45) is 11.1 Å². The molecule has 1 amide bonds. The van der Waals surface area contributed by atoms with Crippen molar-refractivity contribution in [1.29, 1.82) is 0 Å². The van der Waals surface area contributed by atoms with Gasteiger partial charge in [0.1, 0.15) is 5.69 Å². The van der Waals surface area contributed by atoms with E-state index in [9.17, 15) is 14.9 Å². The van der Waals surface area contributed by atoms with Crippen LogP contribution in [-0.4, -0.2) is 42.9 Å². The smallest absolute Gasteiger partial charge is 0.292 e. The molecule has 0 aliphatic rings. The molecule has 0 bridgehead atoms. The van der Waals surface area contributed by atoms with Gasteiger partial charge in [-0.2, -0.15) is 0 Å². The number of anilines is 1. The molecule has 0 spiro atoms. The van der Waals surface area contributed by atoms with Gasteiger partial charge in [-0.05, 0) is 31.6 Å². The first-order valence-electron chi connectivity index (χ1n) is 6.59. The molecule has 0 aliphatic carbocycles. The van der Waals surface area contributed by atoms with Crippen LogP contribution >= 0.6 is 0 Å². The fourth-order valence-corrected chi connectivity index (χ4v) is 2.24. The van der Waals surface area contributed by atoms with Crippen molar-refractivity contribution in [2.45, 2.75) is 13.8 Å². The van der Waals surface area contributed by atoms with E-state index < -0.39 is 10.8 Å². The number of benzene rings is 1. The predicted molar refractivity (Wildman–Crippen MR) is 82.4 cm³/mol. The van der Waals surface area contributed by atoms with Crippen LogP contribution in [0.25, 0.3) is 0 Å². The summed E-state index contributed by atoms with van der Waals surface area (Å²) in [6.45, 7) is 5.48. The fraction of sp³-hybridized carbons (Fsp3) is 0.500. The van der Waals surface area contributed by atoms with Gasteiger partial charge in [0.15, 0.2) is 0 Å². The molecule has 0 atom stereocenters. The lowest BCUT2D eigenvalue weighted by Crippen LogP contribution is -2.34. The Kier molecular flexibility index (Phi) is 5.26. The molecule has 21 heavy (non-hydrogen) atoms. The number of rotatable bonds is 7. The number of nitro benzene ring substituents is 1. The van der Waals surface area contributed by atoms with Gasteiger partial charge in [-0.3, -0.25) is 14.9 Å². The number of hydrogen-bond acceptors (Lipinski definition) is 5. The van der Waals surface area contributed by atoms with Crippen LogP contribution in [0.15, 0.2) is 18.2 Å². The number of hydrogen-bond donors (Lipinski definition) is 2. The lowest BCUT2D eigenvalue weighted by atomic mass is 9.92. The van der Waals surface area contributed by atoms with E-state index in [-0.39, 0.29) is 16.7 Å². The van der Waals surface area contributed by atoms with Crippen LogP contribution in [0.4, 0.5) is 11.4 Å². The van der Waals surface area contributed by atoms with Gasteiger partial charge in [-0.25, -0.2) is 0 Å². The molecule has 116 valence electrons. The van der Waals surface area contributed by atoms with Crippen LogP contribution in [0.1, 0.15) is 24.2 Å². The summed E-state index contributed by atoms with van der Waals surface area (Å²) in [5.74, 6) is -0.611. The molecule has 0 radical (unpaired) electrons. The summed E-state index contributed by atoms with van der Waals surface area (Å²) in [5, 5.41) is 14.1. The highest BCUT2D eigenvalue weighted by atomic mass is 16.6. The van der Waals surface area contributed by atoms with Gasteiger partial charge in [-0.15, -0.1) is 0 Å². The van der Waals surface area contributed by atoms with Gasteiger partial charge in [0.2, 0.25) is 5.91 Å². The fourth-order valence-electron chi connectivity index (χ4n) is 2.24. The first-order valence-corrected chi connectivity index (χ1v) is 6.59. The maximum atomic E-state index is 11.2. The number of primary amides is 1. The van der Waals surface area contributed by atoms with Crippen LogP contribution in [0.5, 0.6) is 0 Å². The Morgan fingerprint density at radius 3 is 2.52 bits per heavy atom. The quantitative estimate of drug-likeness (QED) is 0.588. The summed E-state index contributed by atoms with van der Waals surface area (Å²) in [5.41, 5.74) is 5.61. The summed E-state index contributed by atoms with van der Waals surface area (Å²) >= 11 is 0. The highest BCUT2D eigenvalue weighted by molar-refractivity contribution is 5.94. The van der Waals surface area contributed by atoms with Crippen molar-refractivity contribution in [3.63, 3.8) is 0 Å². The molecule has 3 N–H and O–H groups in total. The third-order valence-corrected chi connectivity index (χ3v) is 2.98. The Labute approximate surface area is 124 Å². The van der Waals surface area contributed by atoms with Crippen molar-refractivity contribution in [2.75, 3.05) is 32.5 Å². The zero-order chi connectivity index (χ0) is 16.2. The van der Waals surface area contributed by atoms with Gasteiger partial charge in [0.05, 0.1) is 4.92 Å². The van der Waals surface area contributed by atoms with E-state index in [1.165, 1.54) is 18.2 Å². The molecule has 1 rings (SSSR count). The highest BCUT2D eigenvalue weighted by Crippen LogP contribution is 2.27. The van der Waals surface area contributed by atoms with Crippen molar-refractivity contribution in [3.05, 3.63) is 33.9 Å². The zero-order valence-electron chi connectivity index (χ0n) is 12.8. The minimum absolute atomic E-state index is 0.0688. The lowest BCUT2D eigenvalue weighted by molar-refractivity contribution is -0.384. The van der Waals surface area contributed by atoms with Crippen molar-refractivity contribution >= 4 is 17.3 Å². The monoisotopic (exact) mass is 294 g/mol. The molecule has 1 aromatic carbocycles. The van der Waals surface area contributed by atoms with Crippen LogP contribution in [0.3, 0.4) is 0 Å². The van der Waals surface area contributed by atoms with Crippen molar-refractivity contribution in [1.82, 2.24) is 4.90 Å². The number of carbonyl (C=O) groups is 1. The SMILES string of the molecule is CN(C)CC(C)(C)CNc1cc(C(N)=O)ccc1[N+](=O)[O-]. The maximum absolute atomic E-state index is 11.2. The number of nitro groups is 1. The Morgan fingerprint density at radius 1 is 1.43 bits per heavy atom. The molecule has 0 aliphatic heterocycles. The van der Waals surface area contributed by atoms with Crippen LogP contribution < -0.4 is 11.1 Å². The topological polar surface area (TPSA) is 102 Å². The number of nitrogens with two attached hydrogens (primary N) is 1. The van der Waals surface area contributed by atoms with Gasteiger partial charge >= 0.3 is 0 Å². The van der Waals surface area contributed by atoms with E-state index in [1.807, 2.05) is 14.1 Å². The zero-order valence-corrected chi connectivity index (χ0v) is 12.8. The average molecular weight is 294 g/mol. The first-order chi connectivity index (χ1) is 9.62. The van der Waals surface area contributed by atoms with Crippen LogP contribution in [-0.2, 0) is 0 Å². The number of amides is 1. The normalized spacial score (nSPS) is 11.5. The molecular formula is C14H22N4O3. The highest BCUT2D eigenvalue weighted by Gasteiger charge is 2.22. The van der Waals surface area contributed by atoms with E-state index in [4.69, 9.17) is 5.73 Å². The average Bonchev–Trinajstić information content (AvgIpc) is 2.34. The molecule has 0 heterocycles. The largest absolute Gasteiger partial charge is 0.379 e.